The molecule has 1 atom stereocenters. The first-order chi connectivity index (χ1) is 10.0. The summed E-state index contributed by atoms with van der Waals surface area (Å²) in [4.78, 5) is 20.3. The summed E-state index contributed by atoms with van der Waals surface area (Å²) in [6, 6.07) is 4.68. The highest BCUT2D eigenvalue weighted by molar-refractivity contribution is 6.36. The van der Waals surface area contributed by atoms with Crippen LogP contribution in [-0.2, 0) is 9.68 Å². The van der Waals surface area contributed by atoms with Crippen LogP contribution in [0.15, 0.2) is 33.5 Å². The molecule has 0 bridgehead atoms. The Bertz CT molecular complexity index is 651. The van der Waals surface area contributed by atoms with Gasteiger partial charge >= 0.3 is 5.97 Å². The van der Waals surface area contributed by atoms with Crippen LogP contribution in [-0.4, -0.2) is 30.8 Å². The second-order valence-corrected chi connectivity index (χ2v) is 4.36. The van der Waals surface area contributed by atoms with Gasteiger partial charge in [-0.25, -0.2) is 9.73 Å². The Morgan fingerprint density at radius 2 is 2.19 bits per heavy atom. The van der Waals surface area contributed by atoms with Crippen molar-refractivity contribution in [3.05, 3.63) is 23.8 Å². The van der Waals surface area contributed by atoms with E-state index in [-0.39, 0.29) is 5.92 Å². The van der Waals surface area contributed by atoms with E-state index in [1.165, 1.54) is 19.4 Å². The number of nitrogen functional groups attached to an aromatic ring is 1. The zero-order valence-electron chi connectivity index (χ0n) is 11.6. The number of benzene rings is 1. The predicted octanol–water partition coefficient (Wildman–Crippen LogP) is 1.05. The van der Waals surface area contributed by atoms with Gasteiger partial charge in [0.15, 0.2) is 5.84 Å². The van der Waals surface area contributed by atoms with Crippen LogP contribution in [0, 0.1) is 5.92 Å². The van der Waals surface area contributed by atoms with Crippen LogP contribution in [0.25, 0.3) is 0 Å². The fourth-order valence-corrected chi connectivity index (χ4v) is 1.60. The van der Waals surface area contributed by atoms with Gasteiger partial charge in [-0.3, -0.25) is 4.99 Å². The van der Waals surface area contributed by atoms with Crippen LogP contribution in [0.4, 0.5) is 11.4 Å². The Kier molecular flexibility index (Phi) is 4.17. The van der Waals surface area contributed by atoms with Gasteiger partial charge in [0, 0.05) is 0 Å². The zero-order valence-corrected chi connectivity index (χ0v) is 11.6. The molecule has 110 valence electrons. The second-order valence-electron chi connectivity index (χ2n) is 4.36. The molecule has 8 nitrogen and oxygen atoms in total. The first-order valence-electron chi connectivity index (χ1n) is 6.12. The molecule has 2 rings (SSSR count). The maximum atomic E-state index is 11.5. The smallest absolute Gasteiger partial charge is 0.337 e. The number of anilines is 1. The third-order valence-electron chi connectivity index (χ3n) is 2.97. The molecule has 1 aliphatic rings. The molecule has 8 heteroatoms. The molecular weight excluding hydrogens is 274 g/mol. The van der Waals surface area contributed by atoms with Crippen molar-refractivity contribution in [2.45, 2.75) is 6.92 Å². The number of amidine groups is 1. The van der Waals surface area contributed by atoms with Gasteiger partial charge in [0.25, 0.3) is 0 Å². The van der Waals surface area contributed by atoms with E-state index in [9.17, 15) is 4.79 Å². The molecule has 0 amide bonds. The zero-order chi connectivity index (χ0) is 15.4. The third kappa shape index (κ3) is 3.16. The molecule has 1 aromatic rings. The van der Waals surface area contributed by atoms with Crippen molar-refractivity contribution < 1.29 is 14.5 Å². The second kappa shape index (κ2) is 6.04. The summed E-state index contributed by atoms with van der Waals surface area (Å²) in [5, 5.41) is 7.29. The summed E-state index contributed by atoms with van der Waals surface area (Å²) in [6.45, 7) is 1.82. The van der Waals surface area contributed by atoms with Gasteiger partial charge in [0.1, 0.15) is 5.71 Å². The Hall–Kier alpha value is -2.90. The average Bonchev–Trinajstić information content (AvgIpc) is 2.49. The number of nitrogens with zero attached hydrogens (tertiary/aromatic N) is 3. The summed E-state index contributed by atoms with van der Waals surface area (Å²) in [7, 11) is 1.31. The van der Waals surface area contributed by atoms with E-state index in [2.05, 4.69) is 25.0 Å². The summed E-state index contributed by atoms with van der Waals surface area (Å²) >= 11 is 0. The fourth-order valence-electron chi connectivity index (χ4n) is 1.60. The van der Waals surface area contributed by atoms with Gasteiger partial charge in [-0.1, -0.05) is 5.16 Å². The van der Waals surface area contributed by atoms with Crippen molar-refractivity contribution in [2.24, 2.45) is 27.0 Å². The number of esters is 1. The fraction of sp³-hybridized carbons (Fsp3) is 0.231. The molecule has 0 saturated heterocycles. The van der Waals surface area contributed by atoms with Crippen molar-refractivity contribution >= 4 is 35.1 Å². The molecule has 1 unspecified atom stereocenters. The normalized spacial score (nSPS) is 17.9. The van der Waals surface area contributed by atoms with E-state index >= 15 is 0 Å². The molecule has 4 N–H and O–H groups in total. The number of ether oxygens (including phenoxy) is 1. The average molecular weight is 289 g/mol. The number of aliphatic imine (C=N–C) groups is 1. The standard InChI is InChI=1S/C13H15N5O3/c1-7-11(17-21-18-12(7)15)6-16-10-5-8(13(19)20-2)3-4-9(10)14/h3-7H,14H2,1-2H3,(H2,15,18). The quantitative estimate of drug-likeness (QED) is 0.489. The molecular formula is C13H15N5O3. The monoisotopic (exact) mass is 289 g/mol. The van der Waals surface area contributed by atoms with Crippen LogP contribution in [0.1, 0.15) is 17.3 Å². The van der Waals surface area contributed by atoms with Gasteiger partial charge in [0.05, 0.1) is 36.2 Å². The number of hydrogen-bond acceptors (Lipinski definition) is 8. The van der Waals surface area contributed by atoms with Crippen molar-refractivity contribution in [2.75, 3.05) is 12.8 Å². The highest BCUT2D eigenvalue weighted by Crippen LogP contribution is 2.23. The Morgan fingerprint density at radius 1 is 1.43 bits per heavy atom. The van der Waals surface area contributed by atoms with E-state index < -0.39 is 5.97 Å². The van der Waals surface area contributed by atoms with Gasteiger partial charge < -0.3 is 16.2 Å². The van der Waals surface area contributed by atoms with Crippen LogP contribution in [0.5, 0.6) is 0 Å². The minimum atomic E-state index is -0.463. The lowest BCUT2D eigenvalue weighted by molar-refractivity contribution is 0.0601. The largest absolute Gasteiger partial charge is 0.465 e. The van der Waals surface area contributed by atoms with Crippen molar-refractivity contribution in [3.8, 4) is 0 Å². The number of carbonyl (C=O) groups excluding carboxylic acids is 1. The van der Waals surface area contributed by atoms with Crippen LogP contribution < -0.4 is 11.5 Å². The Labute approximate surface area is 121 Å². The highest BCUT2D eigenvalue weighted by atomic mass is 16.8. The molecule has 0 aromatic heterocycles. The van der Waals surface area contributed by atoms with Crippen LogP contribution in [0.3, 0.4) is 0 Å². The molecule has 0 aliphatic carbocycles. The van der Waals surface area contributed by atoms with Crippen molar-refractivity contribution in [3.63, 3.8) is 0 Å². The van der Waals surface area contributed by atoms with Crippen molar-refractivity contribution in [1.82, 2.24) is 0 Å². The minimum absolute atomic E-state index is 0.215. The number of oxime groups is 2. The van der Waals surface area contributed by atoms with E-state index in [1.807, 2.05) is 6.92 Å². The van der Waals surface area contributed by atoms with E-state index in [0.717, 1.165) is 0 Å². The molecule has 1 aliphatic heterocycles. The summed E-state index contributed by atoms with van der Waals surface area (Å²) in [6.07, 6.45) is 1.47. The molecule has 1 heterocycles. The highest BCUT2D eigenvalue weighted by Gasteiger charge is 2.18. The first-order valence-corrected chi connectivity index (χ1v) is 6.12. The van der Waals surface area contributed by atoms with E-state index in [0.29, 0.717) is 28.5 Å². The number of carbonyl (C=O) groups is 1. The predicted molar refractivity (Wildman–Crippen MR) is 79.7 cm³/mol. The topological polar surface area (TPSA) is 125 Å². The molecule has 0 saturated carbocycles. The Morgan fingerprint density at radius 3 is 2.90 bits per heavy atom. The van der Waals surface area contributed by atoms with Crippen molar-refractivity contribution in [1.29, 1.82) is 0 Å². The SMILES string of the molecule is COC(=O)c1ccc(N)c(N=CC2=NON=C(N)C2C)c1. The molecule has 0 fully saturated rings. The van der Waals surface area contributed by atoms with Gasteiger partial charge in [0.2, 0.25) is 0 Å². The van der Waals surface area contributed by atoms with Crippen LogP contribution >= 0.6 is 0 Å². The first kappa shape index (κ1) is 14.5. The number of nitrogens with two attached hydrogens (primary N) is 2. The number of methoxy groups -OCH3 is 1. The number of rotatable bonds is 3. The van der Waals surface area contributed by atoms with Gasteiger partial charge in [-0.05, 0) is 30.3 Å². The lowest BCUT2D eigenvalue weighted by Gasteiger charge is -2.12. The molecule has 21 heavy (non-hydrogen) atoms. The molecule has 0 spiro atoms. The van der Waals surface area contributed by atoms with Gasteiger partial charge in [-0.2, -0.15) is 0 Å². The summed E-state index contributed by atoms with van der Waals surface area (Å²) < 4.78 is 4.65. The van der Waals surface area contributed by atoms with Gasteiger partial charge in [-0.15, -0.1) is 0 Å². The van der Waals surface area contributed by atoms with Crippen LogP contribution in [0.2, 0.25) is 0 Å². The van der Waals surface area contributed by atoms with E-state index in [1.54, 1.807) is 12.1 Å². The maximum Gasteiger partial charge on any atom is 0.337 e. The third-order valence-corrected chi connectivity index (χ3v) is 2.97. The maximum absolute atomic E-state index is 11.5. The lowest BCUT2D eigenvalue weighted by atomic mass is 10.1. The summed E-state index contributed by atoms with van der Waals surface area (Å²) in [5.74, 6) is -0.371. The number of hydrogen-bond donors (Lipinski definition) is 2. The molecule has 1 aromatic carbocycles. The summed E-state index contributed by atoms with van der Waals surface area (Å²) in [5.41, 5.74) is 13.2. The molecule has 0 radical (unpaired) electrons. The van der Waals surface area contributed by atoms with E-state index in [4.69, 9.17) is 11.5 Å². The Balaban J connectivity index is 2.25. The lowest BCUT2D eigenvalue weighted by Crippen LogP contribution is -2.31. The minimum Gasteiger partial charge on any atom is -0.465 e.